The fourth-order valence-corrected chi connectivity index (χ4v) is 2.06. The van der Waals surface area contributed by atoms with E-state index in [0.29, 0.717) is 5.56 Å². The molecule has 4 heteroatoms. The Hall–Kier alpha value is -2.49. The molecule has 0 amide bonds. The summed E-state index contributed by atoms with van der Waals surface area (Å²) in [6, 6.07) is 12.9. The van der Waals surface area contributed by atoms with Crippen molar-refractivity contribution in [1.29, 1.82) is 0 Å². The second kappa shape index (κ2) is 4.65. The summed E-state index contributed by atoms with van der Waals surface area (Å²) >= 11 is 0. The normalized spacial score (nSPS) is 12.3. The summed E-state index contributed by atoms with van der Waals surface area (Å²) < 4.78 is 15.5. The van der Waals surface area contributed by atoms with E-state index in [2.05, 4.69) is 4.74 Å². The van der Waals surface area contributed by atoms with Crippen LogP contribution in [0.4, 0.5) is 0 Å². The quantitative estimate of drug-likeness (QED) is 0.775. The Morgan fingerprint density at radius 2 is 1.89 bits per heavy atom. The number of carbonyl (C=O) groups is 1. The molecule has 0 spiro atoms. The lowest BCUT2D eigenvalue weighted by molar-refractivity contribution is 0.0601. The van der Waals surface area contributed by atoms with Crippen LogP contribution in [0.1, 0.15) is 10.4 Å². The molecular weight excluding hydrogens is 244 g/mol. The number of hydrogen-bond acceptors (Lipinski definition) is 4. The van der Waals surface area contributed by atoms with Crippen molar-refractivity contribution in [2.24, 2.45) is 0 Å². The number of esters is 1. The summed E-state index contributed by atoms with van der Waals surface area (Å²) in [4.78, 5) is 11.4. The molecule has 1 heterocycles. The Labute approximate surface area is 110 Å². The maximum atomic E-state index is 11.4. The Bertz CT molecular complexity index is 617. The van der Waals surface area contributed by atoms with Crippen LogP contribution in [0.3, 0.4) is 0 Å². The molecule has 0 N–H and O–H groups in total. The van der Waals surface area contributed by atoms with Crippen molar-refractivity contribution in [1.82, 2.24) is 0 Å². The Balaban J connectivity index is 1.99. The number of hydrogen-bond donors (Lipinski definition) is 0. The zero-order valence-corrected chi connectivity index (χ0v) is 10.4. The van der Waals surface area contributed by atoms with Crippen LogP contribution in [0, 0.1) is 0 Å². The lowest BCUT2D eigenvalue weighted by Gasteiger charge is -2.06. The van der Waals surface area contributed by atoms with Crippen molar-refractivity contribution in [3.05, 3.63) is 48.0 Å². The highest BCUT2D eigenvalue weighted by atomic mass is 16.7. The number of ether oxygens (including phenoxy) is 3. The van der Waals surface area contributed by atoms with Gasteiger partial charge in [-0.15, -0.1) is 0 Å². The zero-order valence-electron chi connectivity index (χ0n) is 10.4. The fourth-order valence-electron chi connectivity index (χ4n) is 2.06. The second-order valence-corrected chi connectivity index (χ2v) is 4.11. The molecule has 2 aromatic carbocycles. The third-order valence-corrected chi connectivity index (χ3v) is 3.01. The maximum absolute atomic E-state index is 11.4. The number of para-hydroxylation sites is 1. The molecule has 2 aromatic rings. The van der Waals surface area contributed by atoms with Gasteiger partial charge in [0.2, 0.25) is 6.79 Å². The van der Waals surface area contributed by atoms with Crippen molar-refractivity contribution in [3.63, 3.8) is 0 Å². The van der Waals surface area contributed by atoms with Gasteiger partial charge in [0.05, 0.1) is 12.7 Å². The van der Waals surface area contributed by atoms with E-state index in [1.54, 1.807) is 12.1 Å². The Morgan fingerprint density at radius 3 is 2.63 bits per heavy atom. The summed E-state index contributed by atoms with van der Waals surface area (Å²) in [6.07, 6.45) is 0. The molecule has 96 valence electrons. The van der Waals surface area contributed by atoms with Gasteiger partial charge in [-0.05, 0) is 23.8 Å². The highest BCUT2D eigenvalue weighted by Crippen LogP contribution is 2.40. The molecule has 0 saturated carbocycles. The van der Waals surface area contributed by atoms with Gasteiger partial charge in [-0.1, -0.05) is 24.3 Å². The number of rotatable bonds is 2. The monoisotopic (exact) mass is 256 g/mol. The van der Waals surface area contributed by atoms with E-state index < -0.39 is 0 Å². The molecule has 0 aromatic heterocycles. The van der Waals surface area contributed by atoms with E-state index in [4.69, 9.17) is 9.47 Å². The maximum Gasteiger partial charge on any atom is 0.337 e. The smallest absolute Gasteiger partial charge is 0.337 e. The summed E-state index contributed by atoms with van der Waals surface area (Å²) in [5.41, 5.74) is 2.44. The predicted molar refractivity (Wildman–Crippen MR) is 69.3 cm³/mol. The van der Waals surface area contributed by atoms with Gasteiger partial charge in [0.15, 0.2) is 11.5 Å². The number of methoxy groups -OCH3 is 1. The highest BCUT2D eigenvalue weighted by Gasteiger charge is 2.18. The molecule has 0 saturated heterocycles. The van der Waals surface area contributed by atoms with E-state index in [0.717, 1.165) is 22.6 Å². The Kier molecular flexibility index (Phi) is 2.83. The number of benzene rings is 2. The molecule has 0 fully saturated rings. The van der Waals surface area contributed by atoms with Crippen molar-refractivity contribution < 1.29 is 19.0 Å². The minimum Gasteiger partial charge on any atom is -0.465 e. The first-order valence-corrected chi connectivity index (χ1v) is 5.87. The van der Waals surface area contributed by atoms with Gasteiger partial charge in [-0.3, -0.25) is 0 Å². The summed E-state index contributed by atoms with van der Waals surface area (Å²) in [6.45, 7) is 0.243. The fraction of sp³-hybridized carbons (Fsp3) is 0.133. The molecule has 3 rings (SSSR count). The lowest BCUT2D eigenvalue weighted by Crippen LogP contribution is -2.00. The van der Waals surface area contributed by atoms with Gasteiger partial charge in [-0.2, -0.15) is 0 Å². The van der Waals surface area contributed by atoms with E-state index in [-0.39, 0.29) is 12.8 Å². The van der Waals surface area contributed by atoms with Crippen molar-refractivity contribution in [3.8, 4) is 22.6 Å². The van der Waals surface area contributed by atoms with Crippen LogP contribution in [0.5, 0.6) is 11.5 Å². The first-order chi connectivity index (χ1) is 9.29. The largest absolute Gasteiger partial charge is 0.465 e. The number of fused-ring (bicyclic) bond motifs is 1. The molecule has 0 aliphatic carbocycles. The van der Waals surface area contributed by atoms with Gasteiger partial charge in [0.25, 0.3) is 0 Å². The minimum atomic E-state index is -0.343. The third-order valence-electron chi connectivity index (χ3n) is 3.01. The minimum absolute atomic E-state index is 0.243. The van der Waals surface area contributed by atoms with Crippen LogP contribution in [0.15, 0.2) is 42.5 Å². The van der Waals surface area contributed by atoms with Crippen LogP contribution in [-0.4, -0.2) is 19.9 Å². The first kappa shape index (κ1) is 11.6. The van der Waals surface area contributed by atoms with Crippen LogP contribution in [-0.2, 0) is 4.74 Å². The molecule has 4 nitrogen and oxygen atoms in total. The van der Waals surface area contributed by atoms with Crippen molar-refractivity contribution in [2.75, 3.05) is 13.9 Å². The molecule has 19 heavy (non-hydrogen) atoms. The molecule has 1 aliphatic rings. The molecule has 0 unspecified atom stereocenters. The second-order valence-electron chi connectivity index (χ2n) is 4.11. The van der Waals surface area contributed by atoms with Crippen molar-refractivity contribution >= 4 is 5.97 Å². The summed E-state index contributed by atoms with van der Waals surface area (Å²) in [7, 11) is 1.37. The van der Waals surface area contributed by atoms with E-state index in [1.165, 1.54) is 7.11 Å². The van der Waals surface area contributed by atoms with Gasteiger partial charge >= 0.3 is 5.97 Å². The Morgan fingerprint density at radius 1 is 1.11 bits per heavy atom. The lowest BCUT2D eigenvalue weighted by atomic mass is 10.0. The van der Waals surface area contributed by atoms with Gasteiger partial charge in [-0.25, -0.2) is 4.79 Å². The molecule has 0 atom stereocenters. The van der Waals surface area contributed by atoms with Crippen LogP contribution < -0.4 is 9.47 Å². The standard InChI is InChI=1S/C15H12O4/c1-17-15(16)11-7-5-10(6-8-11)12-3-2-4-13-14(12)19-9-18-13/h2-8H,9H2,1H3. The van der Waals surface area contributed by atoms with Crippen LogP contribution in [0.2, 0.25) is 0 Å². The van der Waals surface area contributed by atoms with Crippen molar-refractivity contribution in [2.45, 2.75) is 0 Å². The topological polar surface area (TPSA) is 44.8 Å². The average molecular weight is 256 g/mol. The van der Waals surface area contributed by atoms with Crippen LogP contribution >= 0.6 is 0 Å². The summed E-state index contributed by atoms with van der Waals surface area (Å²) in [5, 5.41) is 0. The first-order valence-electron chi connectivity index (χ1n) is 5.87. The highest BCUT2D eigenvalue weighted by molar-refractivity contribution is 5.90. The molecule has 0 radical (unpaired) electrons. The molecular formula is C15H12O4. The molecule has 0 bridgehead atoms. The van der Waals surface area contributed by atoms with Gasteiger partial charge in [0, 0.05) is 5.56 Å². The van der Waals surface area contributed by atoms with E-state index in [9.17, 15) is 4.79 Å². The average Bonchev–Trinajstić information content (AvgIpc) is 2.95. The van der Waals surface area contributed by atoms with Gasteiger partial charge < -0.3 is 14.2 Å². The molecule has 1 aliphatic heterocycles. The third kappa shape index (κ3) is 2.01. The van der Waals surface area contributed by atoms with Gasteiger partial charge in [0.1, 0.15) is 0 Å². The van der Waals surface area contributed by atoms with E-state index >= 15 is 0 Å². The predicted octanol–water partition coefficient (Wildman–Crippen LogP) is 2.87. The number of carbonyl (C=O) groups excluding carboxylic acids is 1. The van der Waals surface area contributed by atoms with Crippen LogP contribution in [0.25, 0.3) is 11.1 Å². The SMILES string of the molecule is COC(=O)c1ccc(-c2cccc3c2OCO3)cc1. The summed E-state index contributed by atoms with van der Waals surface area (Å²) in [5.74, 6) is 1.15. The van der Waals surface area contributed by atoms with E-state index in [1.807, 2.05) is 30.3 Å². The zero-order chi connectivity index (χ0) is 13.2.